The standard InChI is InChI=1S/C11H14N8O/c1-8(19-7-14-16-17-19)11(20)18-4-9(5-18)15-10-2-3-12-6-13-10/h2-3,6-9H,4-5H2,1H3,(H,12,13,15)/t8-/m0/s1. The van der Waals surface area contributed by atoms with Crippen LogP contribution in [-0.4, -0.2) is 60.1 Å². The Morgan fingerprint density at radius 1 is 1.50 bits per heavy atom. The van der Waals surface area contributed by atoms with Gasteiger partial charge in [0.05, 0.1) is 6.04 Å². The van der Waals surface area contributed by atoms with Crippen molar-refractivity contribution in [1.82, 2.24) is 35.1 Å². The highest BCUT2D eigenvalue weighted by Crippen LogP contribution is 2.17. The van der Waals surface area contributed by atoms with Crippen molar-refractivity contribution in [3.8, 4) is 0 Å². The topological polar surface area (TPSA) is 102 Å². The Balaban J connectivity index is 1.51. The number of aromatic nitrogens is 6. The first kappa shape index (κ1) is 12.5. The van der Waals surface area contributed by atoms with E-state index in [0.717, 1.165) is 5.82 Å². The molecule has 1 amide bonds. The lowest BCUT2D eigenvalue weighted by Crippen LogP contribution is -2.58. The normalized spacial score (nSPS) is 16.6. The van der Waals surface area contributed by atoms with Crippen LogP contribution in [0.3, 0.4) is 0 Å². The fraction of sp³-hybridized carbons (Fsp3) is 0.455. The van der Waals surface area contributed by atoms with E-state index in [1.54, 1.807) is 24.1 Å². The number of nitrogens with one attached hydrogen (secondary N) is 1. The Labute approximate surface area is 115 Å². The fourth-order valence-corrected chi connectivity index (χ4v) is 2.06. The summed E-state index contributed by atoms with van der Waals surface area (Å²) in [6.07, 6.45) is 4.61. The molecule has 1 fully saturated rings. The van der Waals surface area contributed by atoms with Gasteiger partial charge < -0.3 is 10.2 Å². The molecule has 2 aromatic rings. The molecule has 0 aromatic carbocycles. The van der Waals surface area contributed by atoms with E-state index in [4.69, 9.17) is 0 Å². The van der Waals surface area contributed by atoms with Crippen molar-refractivity contribution in [1.29, 1.82) is 0 Å². The van der Waals surface area contributed by atoms with E-state index in [1.807, 2.05) is 0 Å². The van der Waals surface area contributed by atoms with E-state index >= 15 is 0 Å². The number of likely N-dealkylation sites (tertiary alicyclic amines) is 1. The lowest BCUT2D eigenvalue weighted by Gasteiger charge is -2.40. The van der Waals surface area contributed by atoms with Crippen LogP contribution in [0, 0.1) is 0 Å². The fourth-order valence-electron chi connectivity index (χ4n) is 2.06. The van der Waals surface area contributed by atoms with Crippen LogP contribution in [0.4, 0.5) is 5.82 Å². The second-order valence-corrected chi connectivity index (χ2v) is 4.64. The highest BCUT2D eigenvalue weighted by atomic mass is 16.2. The largest absolute Gasteiger partial charge is 0.364 e. The van der Waals surface area contributed by atoms with E-state index < -0.39 is 0 Å². The predicted octanol–water partition coefficient (Wildman–Crippen LogP) is -0.653. The van der Waals surface area contributed by atoms with Crippen molar-refractivity contribution < 1.29 is 4.79 Å². The molecule has 3 rings (SSSR count). The molecule has 2 aromatic heterocycles. The number of carbonyl (C=O) groups excluding carboxylic acids is 1. The minimum atomic E-state index is -0.384. The average Bonchev–Trinajstić information content (AvgIpc) is 2.96. The third-order valence-electron chi connectivity index (χ3n) is 3.25. The van der Waals surface area contributed by atoms with Crippen LogP contribution in [0.5, 0.6) is 0 Å². The minimum absolute atomic E-state index is 0.0121. The van der Waals surface area contributed by atoms with E-state index in [1.165, 1.54) is 17.3 Å². The molecular weight excluding hydrogens is 260 g/mol. The maximum absolute atomic E-state index is 12.2. The van der Waals surface area contributed by atoms with Gasteiger partial charge in [-0.05, 0) is 23.4 Å². The van der Waals surface area contributed by atoms with Gasteiger partial charge in [-0.25, -0.2) is 14.6 Å². The minimum Gasteiger partial charge on any atom is -0.364 e. The van der Waals surface area contributed by atoms with Crippen LogP contribution in [0.2, 0.25) is 0 Å². The Morgan fingerprint density at radius 3 is 3.00 bits per heavy atom. The molecule has 20 heavy (non-hydrogen) atoms. The summed E-state index contributed by atoms with van der Waals surface area (Å²) < 4.78 is 1.45. The zero-order valence-corrected chi connectivity index (χ0v) is 10.9. The van der Waals surface area contributed by atoms with Gasteiger partial charge >= 0.3 is 0 Å². The number of hydrogen-bond acceptors (Lipinski definition) is 7. The van der Waals surface area contributed by atoms with Crippen LogP contribution < -0.4 is 5.32 Å². The van der Waals surface area contributed by atoms with Gasteiger partial charge in [0.15, 0.2) is 0 Å². The van der Waals surface area contributed by atoms with Crippen molar-refractivity contribution in [2.24, 2.45) is 0 Å². The summed E-state index contributed by atoms with van der Waals surface area (Å²) in [5.41, 5.74) is 0. The number of hydrogen-bond donors (Lipinski definition) is 1. The molecular formula is C11H14N8O. The molecule has 1 atom stereocenters. The van der Waals surface area contributed by atoms with E-state index in [0.29, 0.717) is 13.1 Å². The Hall–Kier alpha value is -2.58. The molecule has 0 aliphatic carbocycles. The van der Waals surface area contributed by atoms with Crippen molar-refractivity contribution in [2.45, 2.75) is 19.0 Å². The molecule has 0 radical (unpaired) electrons. The van der Waals surface area contributed by atoms with Gasteiger partial charge in [-0.1, -0.05) is 0 Å². The van der Waals surface area contributed by atoms with Crippen molar-refractivity contribution >= 4 is 11.7 Å². The third-order valence-corrected chi connectivity index (χ3v) is 3.25. The Morgan fingerprint density at radius 2 is 2.35 bits per heavy atom. The molecule has 9 nitrogen and oxygen atoms in total. The van der Waals surface area contributed by atoms with Gasteiger partial charge in [-0.2, -0.15) is 0 Å². The first-order chi connectivity index (χ1) is 9.74. The SMILES string of the molecule is C[C@@H](C(=O)N1CC(Nc2ccncn2)C1)n1cnnn1. The average molecular weight is 274 g/mol. The first-order valence-electron chi connectivity index (χ1n) is 6.28. The highest BCUT2D eigenvalue weighted by molar-refractivity contribution is 5.81. The molecule has 1 aliphatic rings. The number of tetrazole rings is 1. The van der Waals surface area contributed by atoms with Gasteiger partial charge in [0.2, 0.25) is 5.91 Å². The summed E-state index contributed by atoms with van der Waals surface area (Å²) in [7, 11) is 0. The van der Waals surface area contributed by atoms with Crippen LogP contribution in [-0.2, 0) is 4.79 Å². The predicted molar refractivity (Wildman–Crippen MR) is 68.6 cm³/mol. The molecule has 1 aliphatic heterocycles. The second kappa shape index (κ2) is 5.19. The van der Waals surface area contributed by atoms with Crippen LogP contribution in [0.15, 0.2) is 24.9 Å². The van der Waals surface area contributed by atoms with Crippen LogP contribution in [0.25, 0.3) is 0 Å². The number of amides is 1. The summed E-state index contributed by atoms with van der Waals surface area (Å²) in [6.45, 7) is 3.08. The van der Waals surface area contributed by atoms with Crippen molar-refractivity contribution in [3.63, 3.8) is 0 Å². The number of nitrogens with zero attached hydrogens (tertiary/aromatic N) is 7. The van der Waals surface area contributed by atoms with Gasteiger partial charge in [0, 0.05) is 19.3 Å². The summed E-state index contributed by atoms with van der Waals surface area (Å²) >= 11 is 0. The maximum Gasteiger partial charge on any atom is 0.247 e. The van der Waals surface area contributed by atoms with Gasteiger partial charge in [0.25, 0.3) is 0 Å². The monoisotopic (exact) mass is 274 g/mol. The first-order valence-corrected chi connectivity index (χ1v) is 6.28. The summed E-state index contributed by atoms with van der Waals surface area (Å²) in [4.78, 5) is 21.9. The summed E-state index contributed by atoms with van der Waals surface area (Å²) in [5.74, 6) is 0.781. The molecule has 9 heteroatoms. The molecule has 0 unspecified atom stereocenters. The lowest BCUT2D eigenvalue weighted by molar-refractivity contribution is -0.138. The second-order valence-electron chi connectivity index (χ2n) is 4.64. The summed E-state index contributed by atoms with van der Waals surface area (Å²) in [6, 6.07) is 1.63. The Bertz CT molecular complexity index is 565. The smallest absolute Gasteiger partial charge is 0.247 e. The lowest BCUT2D eigenvalue weighted by atomic mass is 10.1. The molecule has 0 saturated carbocycles. The number of carbonyl (C=O) groups is 1. The maximum atomic E-state index is 12.2. The van der Waals surface area contributed by atoms with E-state index in [2.05, 4.69) is 30.8 Å². The number of rotatable bonds is 4. The van der Waals surface area contributed by atoms with Crippen LogP contribution in [0.1, 0.15) is 13.0 Å². The highest BCUT2D eigenvalue weighted by Gasteiger charge is 2.33. The molecule has 104 valence electrons. The zero-order valence-electron chi connectivity index (χ0n) is 10.9. The molecule has 1 N–H and O–H groups in total. The van der Waals surface area contributed by atoms with Crippen LogP contribution >= 0.6 is 0 Å². The molecule has 3 heterocycles. The molecule has 0 spiro atoms. The molecule has 1 saturated heterocycles. The summed E-state index contributed by atoms with van der Waals surface area (Å²) in [5, 5.41) is 14.1. The van der Waals surface area contributed by atoms with Gasteiger partial charge in [-0.15, -0.1) is 5.10 Å². The van der Waals surface area contributed by atoms with E-state index in [-0.39, 0.29) is 18.0 Å². The third kappa shape index (κ3) is 2.42. The number of anilines is 1. The van der Waals surface area contributed by atoms with Crippen molar-refractivity contribution in [2.75, 3.05) is 18.4 Å². The van der Waals surface area contributed by atoms with Gasteiger partial charge in [-0.3, -0.25) is 4.79 Å². The molecule has 0 bridgehead atoms. The zero-order chi connectivity index (χ0) is 13.9. The Kier molecular flexibility index (Phi) is 3.23. The van der Waals surface area contributed by atoms with Gasteiger partial charge in [0.1, 0.15) is 24.5 Å². The van der Waals surface area contributed by atoms with E-state index in [9.17, 15) is 4.79 Å². The quantitative estimate of drug-likeness (QED) is 0.790. The van der Waals surface area contributed by atoms with Crippen molar-refractivity contribution in [3.05, 3.63) is 24.9 Å².